The molecule has 0 saturated carbocycles. The van der Waals surface area contributed by atoms with E-state index in [1.807, 2.05) is 18.7 Å². The van der Waals surface area contributed by atoms with Gasteiger partial charge in [-0.2, -0.15) is 0 Å². The van der Waals surface area contributed by atoms with E-state index in [0.29, 0.717) is 26.2 Å². The molecule has 1 amide bonds. The smallest absolute Gasteiger partial charge is 0.224 e. The lowest BCUT2D eigenvalue weighted by molar-refractivity contribution is -0.134. The molecule has 2 atom stereocenters. The Kier molecular flexibility index (Phi) is 5.70. The maximum Gasteiger partial charge on any atom is 0.224 e. The summed E-state index contributed by atoms with van der Waals surface area (Å²) in [5, 5.41) is 3.29. The predicted molar refractivity (Wildman–Crippen MR) is 79.4 cm³/mol. The molecule has 4 nitrogen and oxygen atoms in total. The fourth-order valence-electron chi connectivity index (χ4n) is 2.67. The van der Waals surface area contributed by atoms with Crippen LogP contribution in [0.25, 0.3) is 0 Å². The fourth-order valence-corrected chi connectivity index (χ4v) is 2.67. The second-order valence-corrected chi connectivity index (χ2v) is 5.34. The Balaban J connectivity index is 1.99. The maximum atomic E-state index is 13.0. The van der Waals surface area contributed by atoms with Crippen LogP contribution in [0, 0.1) is 5.82 Å². The molecule has 21 heavy (non-hydrogen) atoms. The minimum atomic E-state index is -0.260. The van der Waals surface area contributed by atoms with Crippen molar-refractivity contribution >= 4 is 5.91 Å². The molecule has 1 saturated heterocycles. The molecule has 1 aliphatic rings. The number of ether oxygens (including phenoxy) is 1. The summed E-state index contributed by atoms with van der Waals surface area (Å²) in [5.74, 6) is -0.166. The Labute approximate surface area is 125 Å². The number of hydrogen-bond donors (Lipinski definition) is 1. The summed E-state index contributed by atoms with van der Waals surface area (Å²) in [7, 11) is 0. The second-order valence-electron chi connectivity index (χ2n) is 5.34. The molecule has 1 aromatic rings. The van der Waals surface area contributed by atoms with Crippen LogP contribution < -0.4 is 5.32 Å². The highest BCUT2D eigenvalue weighted by molar-refractivity contribution is 5.77. The molecule has 2 unspecified atom stereocenters. The van der Waals surface area contributed by atoms with E-state index in [9.17, 15) is 9.18 Å². The van der Waals surface area contributed by atoms with Gasteiger partial charge in [-0.25, -0.2) is 4.39 Å². The number of rotatable bonds is 5. The van der Waals surface area contributed by atoms with E-state index in [0.717, 1.165) is 12.1 Å². The van der Waals surface area contributed by atoms with Crippen LogP contribution >= 0.6 is 0 Å². The van der Waals surface area contributed by atoms with E-state index in [2.05, 4.69) is 5.32 Å². The quantitative estimate of drug-likeness (QED) is 0.904. The third-order valence-corrected chi connectivity index (χ3v) is 3.90. The van der Waals surface area contributed by atoms with Crippen molar-refractivity contribution in [1.82, 2.24) is 10.2 Å². The number of carbonyl (C=O) groups excluding carboxylic acids is 1. The van der Waals surface area contributed by atoms with Gasteiger partial charge in [-0.05, 0) is 31.5 Å². The second kappa shape index (κ2) is 7.52. The first-order valence-electron chi connectivity index (χ1n) is 7.48. The fraction of sp³-hybridized carbons (Fsp3) is 0.562. The summed E-state index contributed by atoms with van der Waals surface area (Å²) in [6.45, 7) is 6.63. The molecule has 1 heterocycles. The number of amides is 1. The number of nitrogens with zero attached hydrogens (tertiary/aromatic N) is 1. The molecule has 1 aliphatic heterocycles. The van der Waals surface area contributed by atoms with Crippen LogP contribution in [0.5, 0.6) is 0 Å². The third-order valence-electron chi connectivity index (χ3n) is 3.90. The minimum Gasteiger partial charge on any atom is -0.378 e. The van der Waals surface area contributed by atoms with Gasteiger partial charge in [0.1, 0.15) is 5.82 Å². The molecule has 0 radical (unpaired) electrons. The first-order valence-corrected chi connectivity index (χ1v) is 7.48. The normalized spacial score (nSPS) is 20.0. The van der Waals surface area contributed by atoms with Crippen molar-refractivity contribution in [2.75, 3.05) is 26.3 Å². The Morgan fingerprint density at radius 3 is 2.76 bits per heavy atom. The Morgan fingerprint density at radius 2 is 2.19 bits per heavy atom. The number of benzene rings is 1. The maximum absolute atomic E-state index is 13.0. The number of morpholine rings is 1. The Morgan fingerprint density at radius 1 is 1.48 bits per heavy atom. The standard InChI is InChI=1S/C16H23FN2O2/c1-3-19(12(2)13-4-6-14(17)7-5-13)16(20)10-15-11-21-9-8-18-15/h4-7,12,15,18H,3,8-11H2,1-2H3. The van der Waals surface area contributed by atoms with Gasteiger partial charge in [0.25, 0.3) is 0 Å². The highest BCUT2D eigenvalue weighted by Gasteiger charge is 2.24. The molecule has 0 spiro atoms. The zero-order chi connectivity index (χ0) is 15.2. The van der Waals surface area contributed by atoms with Crippen LogP contribution in [0.3, 0.4) is 0 Å². The monoisotopic (exact) mass is 294 g/mol. The minimum absolute atomic E-state index is 0.0624. The molecular weight excluding hydrogens is 271 g/mol. The van der Waals surface area contributed by atoms with E-state index in [1.54, 1.807) is 12.1 Å². The topological polar surface area (TPSA) is 41.6 Å². The van der Waals surface area contributed by atoms with Crippen molar-refractivity contribution in [3.05, 3.63) is 35.6 Å². The molecule has 1 fully saturated rings. The van der Waals surface area contributed by atoms with Gasteiger partial charge < -0.3 is 15.0 Å². The van der Waals surface area contributed by atoms with E-state index in [1.165, 1.54) is 12.1 Å². The zero-order valence-corrected chi connectivity index (χ0v) is 12.6. The SMILES string of the molecule is CCN(C(=O)CC1COCCN1)C(C)c1ccc(F)cc1. The Hall–Kier alpha value is -1.46. The summed E-state index contributed by atoms with van der Waals surface area (Å²) in [6.07, 6.45) is 0.430. The first-order chi connectivity index (χ1) is 10.1. The lowest BCUT2D eigenvalue weighted by Crippen LogP contribution is -2.45. The van der Waals surface area contributed by atoms with Crippen LogP contribution in [0.1, 0.15) is 31.9 Å². The van der Waals surface area contributed by atoms with Gasteiger partial charge in [0.15, 0.2) is 0 Å². The molecule has 0 aromatic heterocycles. The van der Waals surface area contributed by atoms with Gasteiger partial charge in [-0.1, -0.05) is 12.1 Å². The van der Waals surface area contributed by atoms with Gasteiger partial charge in [0, 0.05) is 25.6 Å². The van der Waals surface area contributed by atoms with Crippen molar-refractivity contribution in [2.24, 2.45) is 0 Å². The summed E-state index contributed by atoms with van der Waals surface area (Å²) in [4.78, 5) is 14.3. The van der Waals surface area contributed by atoms with Gasteiger partial charge in [-0.15, -0.1) is 0 Å². The van der Waals surface area contributed by atoms with Gasteiger partial charge in [0.2, 0.25) is 5.91 Å². The first kappa shape index (κ1) is 15.9. The van der Waals surface area contributed by atoms with Crippen LogP contribution in [-0.2, 0) is 9.53 Å². The Bertz CT molecular complexity index is 458. The van der Waals surface area contributed by atoms with E-state index in [4.69, 9.17) is 4.74 Å². The summed E-state index contributed by atoms with van der Waals surface area (Å²) < 4.78 is 18.4. The van der Waals surface area contributed by atoms with Crippen molar-refractivity contribution < 1.29 is 13.9 Å². The molecule has 116 valence electrons. The average Bonchev–Trinajstić information content (AvgIpc) is 2.49. The third kappa shape index (κ3) is 4.25. The van der Waals surface area contributed by atoms with Gasteiger partial charge in [-0.3, -0.25) is 4.79 Å². The molecule has 0 bridgehead atoms. The summed E-state index contributed by atoms with van der Waals surface area (Å²) in [5.41, 5.74) is 0.944. The average molecular weight is 294 g/mol. The van der Waals surface area contributed by atoms with Crippen LogP contribution in [0.2, 0.25) is 0 Å². The summed E-state index contributed by atoms with van der Waals surface area (Å²) in [6, 6.07) is 6.35. The van der Waals surface area contributed by atoms with Crippen LogP contribution in [-0.4, -0.2) is 43.2 Å². The van der Waals surface area contributed by atoms with Crippen LogP contribution in [0.15, 0.2) is 24.3 Å². The zero-order valence-electron chi connectivity index (χ0n) is 12.6. The van der Waals surface area contributed by atoms with Crippen molar-refractivity contribution in [1.29, 1.82) is 0 Å². The largest absolute Gasteiger partial charge is 0.378 e. The van der Waals surface area contributed by atoms with Crippen LogP contribution in [0.4, 0.5) is 4.39 Å². The van der Waals surface area contributed by atoms with Crippen molar-refractivity contribution in [2.45, 2.75) is 32.4 Å². The molecule has 2 rings (SSSR count). The molecule has 5 heteroatoms. The number of nitrogens with one attached hydrogen (secondary N) is 1. The molecule has 1 aromatic carbocycles. The molecule has 1 N–H and O–H groups in total. The van der Waals surface area contributed by atoms with Gasteiger partial charge >= 0.3 is 0 Å². The van der Waals surface area contributed by atoms with E-state index >= 15 is 0 Å². The highest BCUT2D eigenvalue weighted by atomic mass is 19.1. The predicted octanol–water partition coefficient (Wildman–Crippen LogP) is 2.11. The number of carbonyl (C=O) groups is 1. The molecular formula is C16H23FN2O2. The van der Waals surface area contributed by atoms with E-state index < -0.39 is 0 Å². The van der Waals surface area contributed by atoms with Gasteiger partial charge in [0.05, 0.1) is 19.3 Å². The lowest BCUT2D eigenvalue weighted by atomic mass is 10.1. The highest BCUT2D eigenvalue weighted by Crippen LogP contribution is 2.21. The molecule has 0 aliphatic carbocycles. The number of halogens is 1. The van der Waals surface area contributed by atoms with E-state index in [-0.39, 0.29) is 23.8 Å². The summed E-state index contributed by atoms with van der Waals surface area (Å²) >= 11 is 0. The lowest BCUT2D eigenvalue weighted by Gasteiger charge is -2.31. The van der Waals surface area contributed by atoms with Crippen molar-refractivity contribution in [3.8, 4) is 0 Å². The van der Waals surface area contributed by atoms with Crippen molar-refractivity contribution in [3.63, 3.8) is 0 Å². The number of hydrogen-bond acceptors (Lipinski definition) is 3.